The molecule has 1 aliphatic heterocycles. The topological polar surface area (TPSA) is 92.8 Å². The molecule has 31 heavy (non-hydrogen) atoms. The number of ether oxygens (including phenoxy) is 1. The Balaban J connectivity index is 1.54. The molecule has 9 heteroatoms. The maximum Gasteiger partial charge on any atom is 0.310 e. The van der Waals surface area contributed by atoms with E-state index < -0.39 is 40.2 Å². The lowest BCUT2D eigenvalue weighted by atomic mass is 10.00. The van der Waals surface area contributed by atoms with Gasteiger partial charge in [0, 0.05) is 18.8 Å². The predicted octanol–water partition coefficient (Wildman–Crippen LogP) is 2.97. The van der Waals surface area contributed by atoms with Crippen LogP contribution in [0.3, 0.4) is 0 Å². The summed E-state index contributed by atoms with van der Waals surface area (Å²) in [7, 11) is -3.84. The van der Waals surface area contributed by atoms with Gasteiger partial charge in [0.15, 0.2) is 6.61 Å². The van der Waals surface area contributed by atoms with Crippen LogP contribution in [-0.2, 0) is 30.8 Å². The molecule has 1 saturated heterocycles. The van der Waals surface area contributed by atoms with Gasteiger partial charge in [-0.3, -0.25) is 9.59 Å². The number of rotatable bonds is 7. The van der Waals surface area contributed by atoms with Crippen LogP contribution in [0.5, 0.6) is 0 Å². The molecule has 1 amide bonds. The number of amides is 1. The first-order chi connectivity index (χ1) is 14.8. The molecule has 1 atom stereocenters. The Morgan fingerprint density at radius 3 is 2.45 bits per heavy atom. The van der Waals surface area contributed by atoms with Crippen molar-refractivity contribution in [2.75, 3.05) is 25.0 Å². The normalized spacial score (nSPS) is 17.2. The van der Waals surface area contributed by atoms with E-state index in [1.54, 1.807) is 12.1 Å². The van der Waals surface area contributed by atoms with Crippen molar-refractivity contribution < 1.29 is 27.1 Å². The minimum atomic E-state index is -3.84. The predicted molar refractivity (Wildman–Crippen MR) is 113 cm³/mol. The molecule has 0 saturated carbocycles. The Hall–Kier alpha value is -2.78. The summed E-state index contributed by atoms with van der Waals surface area (Å²) in [6, 6.07) is 11.9. The van der Waals surface area contributed by atoms with Crippen LogP contribution < -0.4 is 5.32 Å². The number of nitrogens with zero attached hydrogens (tertiary/aromatic N) is 1. The number of carbonyl (C=O) groups is 2. The Labute approximate surface area is 181 Å². The van der Waals surface area contributed by atoms with Crippen LogP contribution in [0.2, 0.25) is 0 Å². The summed E-state index contributed by atoms with van der Waals surface area (Å²) in [5.74, 6) is -2.28. The molecule has 0 aromatic heterocycles. The number of aryl methyl sites for hydroxylation is 1. The first-order valence-corrected chi connectivity index (χ1v) is 11.5. The summed E-state index contributed by atoms with van der Waals surface area (Å²) < 4.78 is 45.0. The average Bonchev–Trinajstić information content (AvgIpc) is 2.78. The highest BCUT2D eigenvalue weighted by atomic mass is 32.2. The second kappa shape index (κ2) is 10.0. The third-order valence-electron chi connectivity index (χ3n) is 5.16. The van der Waals surface area contributed by atoms with Crippen molar-refractivity contribution in [3.8, 4) is 0 Å². The minimum absolute atomic E-state index is 0.0311. The molecule has 0 aliphatic carbocycles. The van der Waals surface area contributed by atoms with Crippen molar-refractivity contribution in [2.45, 2.75) is 31.1 Å². The van der Waals surface area contributed by atoms with E-state index in [2.05, 4.69) is 5.32 Å². The fourth-order valence-electron chi connectivity index (χ4n) is 3.38. The van der Waals surface area contributed by atoms with Gasteiger partial charge in [-0.25, -0.2) is 12.8 Å². The largest absolute Gasteiger partial charge is 0.455 e. The lowest BCUT2D eigenvalue weighted by Gasteiger charge is -2.30. The Kier molecular flexibility index (Phi) is 7.40. The zero-order valence-corrected chi connectivity index (χ0v) is 18.0. The van der Waals surface area contributed by atoms with Crippen molar-refractivity contribution in [3.63, 3.8) is 0 Å². The van der Waals surface area contributed by atoms with Crippen molar-refractivity contribution in [1.82, 2.24) is 4.31 Å². The van der Waals surface area contributed by atoms with Crippen LogP contribution in [-0.4, -0.2) is 44.3 Å². The van der Waals surface area contributed by atoms with Gasteiger partial charge in [0.2, 0.25) is 10.0 Å². The zero-order chi connectivity index (χ0) is 22.4. The lowest BCUT2D eigenvalue weighted by Crippen LogP contribution is -2.43. The van der Waals surface area contributed by atoms with E-state index in [1.165, 1.54) is 16.4 Å². The number of hydrogen-bond acceptors (Lipinski definition) is 5. The summed E-state index contributed by atoms with van der Waals surface area (Å²) in [5, 5.41) is 2.66. The highest BCUT2D eigenvalue weighted by Crippen LogP contribution is 2.24. The molecule has 2 aromatic rings. The van der Waals surface area contributed by atoms with Crippen LogP contribution in [0.15, 0.2) is 53.4 Å². The van der Waals surface area contributed by atoms with Gasteiger partial charge in [0.05, 0.1) is 10.8 Å². The van der Waals surface area contributed by atoms with E-state index >= 15 is 0 Å². The van der Waals surface area contributed by atoms with E-state index in [-0.39, 0.29) is 18.0 Å². The highest BCUT2D eigenvalue weighted by Gasteiger charge is 2.34. The third-order valence-corrected chi connectivity index (χ3v) is 7.04. The van der Waals surface area contributed by atoms with E-state index in [0.717, 1.165) is 24.1 Å². The molecule has 1 unspecified atom stereocenters. The number of halogens is 1. The molecule has 7 nitrogen and oxygen atoms in total. The molecule has 1 aliphatic rings. The average molecular weight is 449 g/mol. The zero-order valence-electron chi connectivity index (χ0n) is 17.2. The van der Waals surface area contributed by atoms with Crippen molar-refractivity contribution in [3.05, 3.63) is 59.9 Å². The van der Waals surface area contributed by atoms with Crippen LogP contribution in [0, 0.1) is 11.7 Å². The molecule has 3 rings (SSSR count). The highest BCUT2D eigenvalue weighted by molar-refractivity contribution is 7.89. The number of esters is 1. The van der Waals surface area contributed by atoms with Gasteiger partial charge >= 0.3 is 5.97 Å². The Morgan fingerprint density at radius 1 is 1.13 bits per heavy atom. The third kappa shape index (κ3) is 5.89. The second-order valence-corrected chi connectivity index (χ2v) is 9.30. The van der Waals surface area contributed by atoms with Crippen LogP contribution >= 0.6 is 0 Å². The molecule has 166 valence electrons. The van der Waals surface area contributed by atoms with Crippen LogP contribution in [0.25, 0.3) is 0 Å². The minimum Gasteiger partial charge on any atom is -0.455 e. The monoisotopic (exact) mass is 448 g/mol. The van der Waals surface area contributed by atoms with Crippen LogP contribution in [0.1, 0.15) is 25.3 Å². The van der Waals surface area contributed by atoms with Crippen molar-refractivity contribution >= 4 is 27.6 Å². The first kappa shape index (κ1) is 22.9. The number of nitrogens with one attached hydrogen (secondary N) is 1. The fourth-order valence-corrected chi connectivity index (χ4v) is 4.91. The summed E-state index contributed by atoms with van der Waals surface area (Å²) in [6.07, 6.45) is 1.84. The Bertz CT molecular complexity index is 1020. The summed E-state index contributed by atoms with van der Waals surface area (Å²) >= 11 is 0. The molecule has 1 N–H and O–H groups in total. The Morgan fingerprint density at radius 2 is 1.81 bits per heavy atom. The smallest absolute Gasteiger partial charge is 0.310 e. The van der Waals surface area contributed by atoms with Gasteiger partial charge in [0.25, 0.3) is 5.91 Å². The molecule has 0 bridgehead atoms. The van der Waals surface area contributed by atoms with Gasteiger partial charge in [-0.2, -0.15) is 4.31 Å². The van der Waals surface area contributed by atoms with E-state index in [4.69, 9.17) is 4.74 Å². The molecule has 0 spiro atoms. The van der Waals surface area contributed by atoms with Gasteiger partial charge in [-0.1, -0.05) is 19.1 Å². The number of carbonyl (C=O) groups excluding carboxylic acids is 2. The quantitative estimate of drug-likeness (QED) is 0.658. The number of benzene rings is 2. The second-order valence-electron chi connectivity index (χ2n) is 7.36. The maximum absolute atomic E-state index is 13.1. The summed E-state index contributed by atoms with van der Waals surface area (Å²) in [6.45, 7) is 1.80. The number of hydrogen-bond donors (Lipinski definition) is 1. The van der Waals surface area contributed by atoms with Gasteiger partial charge < -0.3 is 10.1 Å². The SMILES string of the molecule is CCc1ccc(NC(=O)COC(=O)C2CCCN(S(=O)(=O)c3ccc(F)cc3)C2)cc1. The summed E-state index contributed by atoms with van der Waals surface area (Å²) in [4.78, 5) is 24.5. The number of anilines is 1. The van der Waals surface area contributed by atoms with Crippen LogP contribution in [0.4, 0.5) is 10.1 Å². The van der Waals surface area contributed by atoms with E-state index in [1.807, 2.05) is 19.1 Å². The molecular formula is C22H25FN2O5S. The van der Waals surface area contributed by atoms with E-state index in [0.29, 0.717) is 18.5 Å². The van der Waals surface area contributed by atoms with Crippen molar-refractivity contribution in [2.24, 2.45) is 5.92 Å². The molecule has 1 heterocycles. The maximum atomic E-state index is 13.1. The number of sulfonamides is 1. The molecule has 0 radical (unpaired) electrons. The molecular weight excluding hydrogens is 423 g/mol. The van der Waals surface area contributed by atoms with Gasteiger partial charge in [-0.05, 0) is 61.2 Å². The molecule has 2 aromatic carbocycles. The molecule has 1 fully saturated rings. The first-order valence-electron chi connectivity index (χ1n) is 10.1. The van der Waals surface area contributed by atoms with Gasteiger partial charge in [-0.15, -0.1) is 0 Å². The van der Waals surface area contributed by atoms with Crippen molar-refractivity contribution in [1.29, 1.82) is 0 Å². The summed E-state index contributed by atoms with van der Waals surface area (Å²) in [5.41, 5.74) is 1.74. The number of piperidine rings is 1. The fraction of sp³-hybridized carbons (Fsp3) is 0.364. The van der Waals surface area contributed by atoms with E-state index in [9.17, 15) is 22.4 Å². The standard InChI is InChI=1S/C22H25FN2O5S/c1-2-16-5-9-19(10-6-16)24-21(26)15-30-22(27)17-4-3-13-25(14-17)31(28,29)20-11-7-18(23)8-12-20/h5-12,17H,2-4,13-15H2,1H3,(H,24,26). The van der Waals surface area contributed by atoms with Gasteiger partial charge in [0.1, 0.15) is 5.82 Å². The lowest BCUT2D eigenvalue weighted by molar-refractivity contribution is -0.152.